The molecule has 5 aliphatic rings. The molecule has 2 saturated carbocycles. The van der Waals surface area contributed by atoms with E-state index in [4.69, 9.17) is 4.74 Å². The van der Waals surface area contributed by atoms with Crippen molar-refractivity contribution in [1.29, 1.82) is 5.26 Å². The smallest absolute Gasteiger partial charge is 0.416 e. The molecule has 2 aliphatic carbocycles. The lowest BCUT2D eigenvalue weighted by Gasteiger charge is -2.46. The van der Waals surface area contributed by atoms with Crippen LogP contribution in [-0.4, -0.2) is 108 Å². The third-order valence-electron chi connectivity index (χ3n) is 18.8. The largest absolute Gasteiger partial charge is 0.455 e. The van der Waals surface area contributed by atoms with E-state index in [2.05, 4.69) is 30.3 Å². The minimum atomic E-state index is -4.62. The number of pyridine rings is 2. The Kier molecular flexibility index (Phi) is 18.4. The van der Waals surface area contributed by atoms with Gasteiger partial charge in [-0.2, -0.15) is 18.4 Å². The fourth-order valence-electron chi connectivity index (χ4n) is 13.7. The number of hydrogen-bond acceptors (Lipinski definition) is 13. The minimum absolute atomic E-state index is 0.0272. The predicted molar refractivity (Wildman–Crippen MR) is 322 cm³/mol. The van der Waals surface area contributed by atoms with E-state index in [1.807, 2.05) is 28.0 Å². The van der Waals surface area contributed by atoms with E-state index in [1.54, 1.807) is 78.5 Å². The highest BCUT2D eigenvalue weighted by Crippen LogP contribution is 2.48. The average molecular weight is 1230 g/mol. The van der Waals surface area contributed by atoms with Crippen molar-refractivity contribution in [3.8, 4) is 39.8 Å². The van der Waals surface area contributed by atoms with E-state index < -0.39 is 27.7 Å². The summed E-state index contributed by atoms with van der Waals surface area (Å²) >= 11 is 1.10. The summed E-state index contributed by atoms with van der Waals surface area (Å²) in [6, 6.07) is 21.8. The molecule has 0 unspecified atom stereocenters. The maximum Gasteiger partial charge on any atom is 0.416 e. The quantitative estimate of drug-likeness (QED) is 0.0726. The molecule has 22 heteroatoms. The van der Waals surface area contributed by atoms with Crippen LogP contribution in [0.5, 0.6) is 11.5 Å². The monoisotopic (exact) mass is 1220 g/mol. The Balaban J connectivity index is 0.621. The number of benzene rings is 3. The first kappa shape index (κ1) is 60.9. The van der Waals surface area contributed by atoms with Crippen molar-refractivity contribution < 1.29 is 45.5 Å². The standard InChI is InChI=1S/C65H71F3N10O7S2/c1-76-58(79)38-55(59(76)48-3-2-23-71-41-48)62(82)78-30-21-64(22-31-78)19-12-45(13-20-64)60(80)74-52-7-4-46(5-8-52)61(81)77-28-17-42(18-29-77)14-24-72-40-43-33-49(35-51(34-43)65(66,67)68)47-6-10-57(54(37-47)44-15-25-70-26-16-44)85-56-11-9-53(36-50(56)39-69)87(83,84)75-63-73-27-32-86-63/h2-3,6,9-11,15-16,23,25-27,32-37,41-42,45-46,52,55,59,72H,4-5,7-8,12-14,17-22,24,28-31,38,40H2,1H3,(H,73,75)(H,74,80)/t46?,52?,55-,59+/m0/s1. The number of nitrogens with zero attached hydrogens (tertiary/aromatic N) is 7. The second-order valence-electron chi connectivity index (χ2n) is 24.1. The van der Waals surface area contributed by atoms with Crippen LogP contribution >= 0.6 is 11.3 Å². The van der Waals surface area contributed by atoms with Crippen molar-refractivity contribution in [3.63, 3.8) is 0 Å². The van der Waals surface area contributed by atoms with Gasteiger partial charge in [-0.1, -0.05) is 12.1 Å². The van der Waals surface area contributed by atoms with Crippen LogP contribution in [0.3, 0.4) is 0 Å². The SMILES string of the molecule is CN1C(=O)C[C@H](C(=O)N2CCC3(CCC(C(=O)NC4CCC(C(=O)N5CCC(CCNCc6cc(-c7ccc(Oc8ccc(S(=O)(=O)Nc9nccs9)cc8C#N)c(-c8ccncc8)c7)cc(C(F)(F)F)c6)CC5)CC4)CC3)CC2)[C@H]1c1cccnc1. The first-order valence-corrected chi connectivity index (χ1v) is 32.4. The van der Waals surface area contributed by atoms with E-state index in [0.717, 1.165) is 113 Å². The molecule has 6 heterocycles. The summed E-state index contributed by atoms with van der Waals surface area (Å²) in [6.45, 7) is 3.43. The van der Waals surface area contributed by atoms with E-state index in [9.17, 15) is 46.0 Å². The van der Waals surface area contributed by atoms with Crippen molar-refractivity contribution >= 4 is 50.1 Å². The summed E-state index contributed by atoms with van der Waals surface area (Å²) < 4.78 is 78.4. The maximum absolute atomic E-state index is 14.5. The molecule has 4 amide bonds. The molecule has 87 heavy (non-hydrogen) atoms. The number of aromatic nitrogens is 3. The molecule has 3 aliphatic heterocycles. The van der Waals surface area contributed by atoms with Crippen LogP contribution in [0.15, 0.2) is 120 Å². The van der Waals surface area contributed by atoms with Crippen molar-refractivity contribution in [2.45, 2.75) is 120 Å². The number of thiazole rings is 1. The molecule has 17 nitrogen and oxygen atoms in total. The van der Waals surface area contributed by atoms with Crippen LogP contribution in [0.4, 0.5) is 18.3 Å². The van der Waals surface area contributed by atoms with Gasteiger partial charge in [0.15, 0.2) is 5.13 Å². The zero-order chi connectivity index (χ0) is 60.9. The Morgan fingerprint density at radius 2 is 1.52 bits per heavy atom. The van der Waals surface area contributed by atoms with E-state index in [1.165, 1.54) is 24.4 Å². The van der Waals surface area contributed by atoms with Crippen LogP contribution in [0.25, 0.3) is 22.3 Å². The Bertz CT molecular complexity index is 3590. The number of anilines is 1. The highest BCUT2D eigenvalue weighted by atomic mass is 32.2. The predicted octanol–water partition coefficient (Wildman–Crippen LogP) is 11.2. The highest BCUT2D eigenvalue weighted by Gasteiger charge is 2.47. The van der Waals surface area contributed by atoms with E-state index in [0.29, 0.717) is 66.5 Å². The number of sulfonamides is 1. The molecule has 2 atom stereocenters. The van der Waals surface area contributed by atoms with Gasteiger partial charge in [-0.3, -0.25) is 33.9 Å². The van der Waals surface area contributed by atoms with Gasteiger partial charge in [-0.05, 0) is 196 Å². The fourth-order valence-corrected chi connectivity index (χ4v) is 15.5. The van der Waals surface area contributed by atoms with E-state index in [-0.39, 0.29) is 93.0 Å². The van der Waals surface area contributed by atoms with Gasteiger partial charge in [0.1, 0.15) is 17.6 Å². The Morgan fingerprint density at radius 1 is 0.782 bits per heavy atom. The molecular weight excluding hydrogens is 1150 g/mol. The normalized spacial score (nSPS) is 21.1. The first-order chi connectivity index (χ1) is 41.9. The maximum atomic E-state index is 14.5. The number of carbonyl (C=O) groups is 4. The van der Waals surface area contributed by atoms with Gasteiger partial charge < -0.3 is 30.1 Å². The van der Waals surface area contributed by atoms with Gasteiger partial charge in [-0.25, -0.2) is 13.4 Å². The van der Waals surface area contributed by atoms with Crippen LogP contribution in [0.2, 0.25) is 0 Å². The molecule has 456 valence electrons. The molecule has 3 N–H and O–H groups in total. The zero-order valence-corrected chi connectivity index (χ0v) is 50.1. The van der Waals surface area contributed by atoms with Crippen molar-refractivity contribution in [2.75, 3.05) is 44.5 Å². The molecule has 6 aromatic rings. The number of hydrogen-bond donors (Lipinski definition) is 3. The number of alkyl halides is 3. The molecule has 3 aromatic carbocycles. The molecule has 5 fully saturated rings. The summed E-state index contributed by atoms with van der Waals surface area (Å²) in [7, 11) is -2.31. The number of rotatable bonds is 17. The summed E-state index contributed by atoms with van der Waals surface area (Å²) in [5, 5.41) is 18.6. The summed E-state index contributed by atoms with van der Waals surface area (Å²) in [5.74, 6) is 0.473. The topological polar surface area (TPSA) is 220 Å². The lowest BCUT2D eigenvalue weighted by Crippen LogP contribution is -2.48. The van der Waals surface area contributed by atoms with Crippen LogP contribution < -0.4 is 20.1 Å². The lowest BCUT2D eigenvalue weighted by atomic mass is 9.65. The molecule has 11 rings (SSSR count). The number of ether oxygens (including phenoxy) is 1. The van der Waals surface area contributed by atoms with E-state index >= 15 is 0 Å². The molecular formula is C65H71F3N10O7S2. The first-order valence-electron chi connectivity index (χ1n) is 30.1. The number of piperidine rings is 2. The van der Waals surface area contributed by atoms with Gasteiger partial charge in [0.2, 0.25) is 23.6 Å². The molecule has 0 bridgehead atoms. The van der Waals surface area contributed by atoms with Crippen LogP contribution in [0, 0.1) is 40.4 Å². The third kappa shape index (κ3) is 14.2. The number of nitriles is 1. The molecule has 0 radical (unpaired) electrons. The number of carbonyl (C=O) groups excluding carboxylic acids is 4. The second-order valence-corrected chi connectivity index (χ2v) is 26.7. The number of amides is 4. The average Bonchev–Trinajstić information content (AvgIpc) is 3.56. The minimum Gasteiger partial charge on any atom is -0.455 e. The van der Waals surface area contributed by atoms with Crippen molar-refractivity contribution in [2.24, 2.45) is 29.1 Å². The van der Waals surface area contributed by atoms with Crippen LogP contribution in [0.1, 0.15) is 118 Å². The summed E-state index contributed by atoms with van der Waals surface area (Å²) in [5.41, 5.74) is 2.56. The summed E-state index contributed by atoms with van der Waals surface area (Å²) in [4.78, 5) is 71.8. The number of nitrogens with one attached hydrogen (secondary N) is 3. The summed E-state index contributed by atoms with van der Waals surface area (Å²) in [6.07, 6.45) is 14.5. The Morgan fingerprint density at radius 3 is 2.21 bits per heavy atom. The second kappa shape index (κ2) is 26.3. The fraction of sp³-hybridized carbons (Fsp3) is 0.446. The van der Waals surface area contributed by atoms with Gasteiger partial charge in [0.05, 0.1) is 28.0 Å². The Hall–Kier alpha value is -7.74. The molecule has 3 aromatic heterocycles. The van der Waals surface area contributed by atoms with Gasteiger partial charge in [0, 0.05) is 106 Å². The number of halogens is 3. The lowest BCUT2D eigenvalue weighted by molar-refractivity contribution is -0.140. The van der Waals surface area contributed by atoms with Gasteiger partial charge in [-0.15, -0.1) is 11.3 Å². The zero-order valence-electron chi connectivity index (χ0n) is 48.5. The van der Waals surface area contributed by atoms with Crippen molar-refractivity contribution in [3.05, 3.63) is 137 Å². The third-order valence-corrected chi connectivity index (χ3v) is 20.9. The Labute approximate surface area is 509 Å². The molecule has 1 spiro atoms. The van der Waals surface area contributed by atoms with Gasteiger partial charge >= 0.3 is 6.18 Å². The van der Waals surface area contributed by atoms with Crippen LogP contribution in [-0.2, 0) is 41.9 Å². The number of likely N-dealkylation sites (tertiary alicyclic amines) is 3. The molecule has 3 saturated heterocycles. The van der Waals surface area contributed by atoms with Crippen molar-refractivity contribution in [1.82, 2.24) is 40.3 Å². The highest BCUT2D eigenvalue weighted by molar-refractivity contribution is 7.93. The van der Waals surface area contributed by atoms with Gasteiger partial charge in [0.25, 0.3) is 10.0 Å².